The number of hydrogen-bond acceptors (Lipinski definition) is 6. The first-order valence-corrected chi connectivity index (χ1v) is 10.4. The van der Waals surface area contributed by atoms with Crippen molar-refractivity contribution in [1.29, 1.82) is 0 Å². The predicted molar refractivity (Wildman–Crippen MR) is 113 cm³/mol. The first-order chi connectivity index (χ1) is 14.8. The summed E-state index contributed by atoms with van der Waals surface area (Å²) in [7, 11) is 0. The van der Waals surface area contributed by atoms with Crippen LogP contribution in [0.2, 0.25) is 0 Å². The van der Waals surface area contributed by atoms with Crippen molar-refractivity contribution in [3.63, 3.8) is 0 Å². The van der Waals surface area contributed by atoms with Crippen molar-refractivity contribution in [3.8, 4) is 11.6 Å². The first kappa shape index (κ1) is 19.9. The Morgan fingerprint density at radius 1 is 0.967 bits per heavy atom. The van der Waals surface area contributed by atoms with Gasteiger partial charge in [0.2, 0.25) is 5.82 Å². The third kappa shape index (κ3) is 5.16. The first-order valence-electron chi connectivity index (χ1n) is 9.38. The Morgan fingerprint density at radius 3 is 2.40 bits per heavy atom. The van der Waals surface area contributed by atoms with E-state index in [1.807, 2.05) is 71.3 Å². The fraction of sp³-hybridized carbons (Fsp3) is 0.136. The third-order valence-corrected chi connectivity index (χ3v) is 5.21. The number of hydroxylamine groups is 1. The molecule has 0 atom stereocenters. The van der Waals surface area contributed by atoms with Crippen LogP contribution in [0.4, 0.5) is 0 Å². The summed E-state index contributed by atoms with van der Waals surface area (Å²) in [4.78, 5) is 17.5. The lowest BCUT2D eigenvalue weighted by Crippen LogP contribution is -2.25. The van der Waals surface area contributed by atoms with E-state index in [1.54, 1.807) is 12.3 Å². The van der Waals surface area contributed by atoms with E-state index in [1.165, 1.54) is 11.8 Å². The van der Waals surface area contributed by atoms with Crippen molar-refractivity contribution in [1.82, 2.24) is 20.2 Å². The predicted octanol–water partition coefficient (Wildman–Crippen LogP) is 3.93. The summed E-state index contributed by atoms with van der Waals surface area (Å²) in [6, 6.07) is 23.3. The van der Waals surface area contributed by atoms with Crippen LogP contribution < -0.4 is 5.48 Å². The number of aromatic nitrogens is 3. The minimum absolute atomic E-state index is 0.153. The molecule has 0 spiro atoms. The minimum Gasteiger partial charge on any atom is -0.461 e. The standard InChI is InChI=1S/C22H20N4O3S/c27-20(25-29-15-18-10-5-2-6-11-18)16-30-22-24-23-21(19-12-7-13-28-19)26(22)14-17-8-3-1-4-9-17/h1-13H,14-16H2,(H,25,27). The van der Waals surface area contributed by atoms with E-state index >= 15 is 0 Å². The summed E-state index contributed by atoms with van der Waals surface area (Å²) < 4.78 is 7.44. The Kier molecular flexibility index (Phi) is 6.58. The van der Waals surface area contributed by atoms with E-state index in [2.05, 4.69) is 15.7 Å². The molecule has 0 aliphatic rings. The second-order valence-electron chi connectivity index (χ2n) is 6.44. The molecule has 0 aliphatic heterocycles. The highest BCUT2D eigenvalue weighted by atomic mass is 32.2. The maximum atomic E-state index is 12.2. The van der Waals surface area contributed by atoms with Crippen LogP contribution in [0.15, 0.2) is 88.6 Å². The number of carbonyl (C=O) groups is 1. The van der Waals surface area contributed by atoms with E-state index in [4.69, 9.17) is 9.25 Å². The summed E-state index contributed by atoms with van der Waals surface area (Å²) >= 11 is 1.29. The molecule has 0 radical (unpaired) electrons. The highest BCUT2D eigenvalue weighted by Gasteiger charge is 2.17. The highest BCUT2D eigenvalue weighted by Crippen LogP contribution is 2.25. The van der Waals surface area contributed by atoms with Crippen LogP contribution in [-0.2, 0) is 22.8 Å². The third-order valence-electron chi connectivity index (χ3n) is 4.24. The lowest BCUT2D eigenvalue weighted by Gasteiger charge is -2.09. The van der Waals surface area contributed by atoms with Gasteiger partial charge < -0.3 is 4.42 Å². The van der Waals surface area contributed by atoms with Gasteiger partial charge in [-0.15, -0.1) is 10.2 Å². The summed E-state index contributed by atoms with van der Waals surface area (Å²) in [5.41, 5.74) is 4.55. The molecule has 0 bridgehead atoms. The number of carbonyl (C=O) groups excluding carboxylic acids is 1. The Labute approximate surface area is 178 Å². The minimum atomic E-state index is -0.246. The van der Waals surface area contributed by atoms with E-state index in [0.29, 0.717) is 29.9 Å². The van der Waals surface area contributed by atoms with Gasteiger partial charge in [0.15, 0.2) is 10.9 Å². The molecule has 0 fully saturated rings. The molecular weight excluding hydrogens is 400 g/mol. The number of nitrogens with one attached hydrogen (secondary N) is 1. The van der Waals surface area contributed by atoms with Gasteiger partial charge in [0.1, 0.15) is 0 Å². The van der Waals surface area contributed by atoms with Gasteiger partial charge >= 0.3 is 0 Å². The molecule has 7 nitrogen and oxygen atoms in total. The van der Waals surface area contributed by atoms with Gasteiger partial charge in [0.05, 0.1) is 25.2 Å². The van der Waals surface area contributed by atoms with E-state index in [-0.39, 0.29) is 11.7 Å². The van der Waals surface area contributed by atoms with Crippen LogP contribution in [0.1, 0.15) is 11.1 Å². The Balaban J connectivity index is 1.40. The molecular formula is C22H20N4O3S. The zero-order valence-electron chi connectivity index (χ0n) is 16.1. The number of hydrogen-bond donors (Lipinski definition) is 1. The van der Waals surface area contributed by atoms with Crippen LogP contribution in [0.25, 0.3) is 11.6 Å². The molecule has 152 valence electrons. The molecule has 4 rings (SSSR count). The molecule has 0 aliphatic carbocycles. The quantitative estimate of drug-likeness (QED) is 0.326. The van der Waals surface area contributed by atoms with Gasteiger partial charge in [-0.3, -0.25) is 14.2 Å². The maximum absolute atomic E-state index is 12.2. The van der Waals surface area contributed by atoms with Crippen molar-refractivity contribution < 1.29 is 14.0 Å². The van der Waals surface area contributed by atoms with Crippen molar-refractivity contribution >= 4 is 17.7 Å². The molecule has 8 heteroatoms. The smallest absolute Gasteiger partial charge is 0.254 e. The van der Waals surface area contributed by atoms with Gasteiger partial charge in [-0.2, -0.15) is 0 Å². The summed E-state index contributed by atoms with van der Waals surface area (Å²) in [6.07, 6.45) is 1.60. The average Bonchev–Trinajstić information content (AvgIpc) is 3.44. The molecule has 2 aromatic carbocycles. The molecule has 1 amide bonds. The number of thioether (sulfide) groups is 1. The molecule has 0 saturated heterocycles. The normalized spacial score (nSPS) is 10.8. The molecule has 0 unspecified atom stereocenters. The molecule has 2 aromatic heterocycles. The van der Waals surface area contributed by atoms with Crippen molar-refractivity contribution in [2.24, 2.45) is 0 Å². The Bertz CT molecular complexity index is 1070. The van der Waals surface area contributed by atoms with Crippen LogP contribution in [0, 0.1) is 0 Å². The molecule has 1 N–H and O–H groups in total. The number of furan rings is 1. The Morgan fingerprint density at radius 2 is 1.70 bits per heavy atom. The lowest BCUT2D eigenvalue weighted by atomic mass is 10.2. The monoisotopic (exact) mass is 420 g/mol. The lowest BCUT2D eigenvalue weighted by molar-refractivity contribution is -0.131. The number of rotatable bonds is 9. The van der Waals surface area contributed by atoms with Gasteiger partial charge in [-0.25, -0.2) is 5.48 Å². The molecule has 2 heterocycles. The summed E-state index contributed by atoms with van der Waals surface area (Å²) in [6.45, 7) is 0.877. The van der Waals surface area contributed by atoms with Gasteiger partial charge in [-0.05, 0) is 23.3 Å². The topological polar surface area (TPSA) is 82.2 Å². The van der Waals surface area contributed by atoms with Crippen molar-refractivity contribution in [2.45, 2.75) is 18.3 Å². The summed E-state index contributed by atoms with van der Waals surface area (Å²) in [5, 5.41) is 9.16. The van der Waals surface area contributed by atoms with Gasteiger partial charge in [0, 0.05) is 0 Å². The second-order valence-corrected chi connectivity index (χ2v) is 7.39. The SMILES string of the molecule is O=C(CSc1nnc(-c2ccco2)n1Cc1ccccc1)NOCc1ccccc1. The molecule has 4 aromatic rings. The fourth-order valence-electron chi connectivity index (χ4n) is 2.83. The Hall–Kier alpha value is -3.36. The van der Waals surface area contributed by atoms with Crippen molar-refractivity contribution in [2.75, 3.05) is 5.75 Å². The van der Waals surface area contributed by atoms with Crippen LogP contribution in [0.5, 0.6) is 0 Å². The zero-order chi connectivity index (χ0) is 20.6. The number of benzene rings is 2. The van der Waals surface area contributed by atoms with Crippen LogP contribution >= 0.6 is 11.8 Å². The largest absolute Gasteiger partial charge is 0.461 e. The fourth-order valence-corrected chi connectivity index (χ4v) is 3.55. The highest BCUT2D eigenvalue weighted by molar-refractivity contribution is 7.99. The van der Waals surface area contributed by atoms with Crippen molar-refractivity contribution in [3.05, 3.63) is 90.2 Å². The van der Waals surface area contributed by atoms with Gasteiger partial charge in [0.25, 0.3) is 5.91 Å². The summed E-state index contributed by atoms with van der Waals surface area (Å²) in [5.74, 6) is 1.15. The average molecular weight is 420 g/mol. The van der Waals surface area contributed by atoms with Crippen LogP contribution in [0.3, 0.4) is 0 Å². The molecule has 0 saturated carbocycles. The number of nitrogens with zero attached hydrogens (tertiary/aromatic N) is 3. The van der Waals surface area contributed by atoms with E-state index in [0.717, 1.165) is 11.1 Å². The number of amides is 1. The van der Waals surface area contributed by atoms with Gasteiger partial charge in [-0.1, -0.05) is 72.4 Å². The maximum Gasteiger partial charge on any atom is 0.254 e. The van der Waals surface area contributed by atoms with E-state index in [9.17, 15) is 4.79 Å². The molecule has 30 heavy (non-hydrogen) atoms. The van der Waals surface area contributed by atoms with Crippen LogP contribution in [-0.4, -0.2) is 26.4 Å². The zero-order valence-corrected chi connectivity index (χ0v) is 16.9. The van der Waals surface area contributed by atoms with E-state index < -0.39 is 0 Å². The second kappa shape index (κ2) is 9.91.